The predicted octanol–water partition coefficient (Wildman–Crippen LogP) is 3.99. The van der Waals surface area contributed by atoms with E-state index >= 15 is 0 Å². The average Bonchev–Trinajstić information content (AvgIpc) is 3.33. The summed E-state index contributed by atoms with van der Waals surface area (Å²) in [5, 5.41) is 14.8. The van der Waals surface area contributed by atoms with Gasteiger partial charge in [-0.2, -0.15) is 10.2 Å². The SMILES string of the molecule is Cc1cc(OC(N)=O)ccc1Nc1cc(-c2ccc(-c3cnn(C)c3)cc2)[nH]n1. The van der Waals surface area contributed by atoms with Crippen molar-refractivity contribution in [2.75, 3.05) is 5.32 Å². The first-order valence-electron chi connectivity index (χ1n) is 8.98. The van der Waals surface area contributed by atoms with Crippen molar-refractivity contribution in [3.05, 3.63) is 66.5 Å². The standard InChI is InChI=1S/C21H20N6O2/c1-13-9-17(29-21(22)28)7-8-18(13)24-20-10-19(25-26-20)15-5-3-14(4-6-15)16-11-23-27(2)12-16/h3-12H,1-2H3,(H2,22,28)(H2,24,25,26). The molecule has 0 saturated carbocycles. The van der Waals surface area contributed by atoms with Crippen LogP contribution in [-0.4, -0.2) is 26.1 Å². The molecule has 0 radical (unpaired) electrons. The fourth-order valence-electron chi connectivity index (χ4n) is 3.04. The molecule has 2 aromatic carbocycles. The molecule has 0 fully saturated rings. The summed E-state index contributed by atoms with van der Waals surface area (Å²) >= 11 is 0. The third-order valence-corrected chi connectivity index (χ3v) is 4.49. The number of nitrogens with one attached hydrogen (secondary N) is 2. The maximum atomic E-state index is 10.9. The number of nitrogens with two attached hydrogens (primary N) is 1. The number of hydrogen-bond acceptors (Lipinski definition) is 5. The van der Waals surface area contributed by atoms with Crippen molar-refractivity contribution in [1.82, 2.24) is 20.0 Å². The number of ether oxygens (including phenoxy) is 1. The van der Waals surface area contributed by atoms with E-state index in [0.717, 1.165) is 33.6 Å². The van der Waals surface area contributed by atoms with Crippen molar-refractivity contribution in [3.63, 3.8) is 0 Å². The van der Waals surface area contributed by atoms with Gasteiger partial charge in [0.15, 0.2) is 5.82 Å². The molecule has 4 aromatic rings. The second kappa shape index (κ2) is 7.51. The minimum atomic E-state index is -0.836. The predicted molar refractivity (Wildman–Crippen MR) is 111 cm³/mol. The molecule has 4 rings (SSSR count). The largest absolute Gasteiger partial charge is 0.410 e. The van der Waals surface area contributed by atoms with Gasteiger partial charge in [0.25, 0.3) is 0 Å². The number of H-pyrrole nitrogens is 1. The summed E-state index contributed by atoms with van der Waals surface area (Å²) in [5.41, 5.74) is 10.9. The first-order chi connectivity index (χ1) is 14.0. The quantitative estimate of drug-likeness (QED) is 0.479. The van der Waals surface area contributed by atoms with Crippen LogP contribution in [0.15, 0.2) is 60.9 Å². The van der Waals surface area contributed by atoms with Crippen LogP contribution in [0.25, 0.3) is 22.4 Å². The van der Waals surface area contributed by atoms with E-state index < -0.39 is 6.09 Å². The van der Waals surface area contributed by atoms with Gasteiger partial charge in [0.2, 0.25) is 0 Å². The first-order valence-corrected chi connectivity index (χ1v) is 8.98. The summed E-state index contributed by atoms with van der Waals surface area (Å²) in [6.07, 6.45) is 2.99. The summed E-state index contributed by atoms with van der Waals surface area (Å²) in [6, 6.07) is 15.4. The zero-order chi connectivity index (χ0) is 20.4. The monoisotopic (exact) mass is 388 g/mol. The Morgan fingerprint density at radius 3 is 2.52 bits per heavy atom. The van der Waals surface area contributed by atoms with Crippen LogP contribution < -0.4 is 15.8 Å². The molecule has 0 aliphatic heterocycles. The molecule has 29 heavy (non-hydrogen) atoms. The number of anilines is 2. The summed E-state index contributed by atoms with van der Waals surface area (Å²) in [7, 11) is 1.90. The maximum absolute atomic E-state index is 10.9. The highest BCUT2D eigenvalue weighted by Gasteiger charge is 2.08. The summed E-state index contributed by atoms with van der Waals surface area (Å²) < 4.78 is 6.67. The van der Waals surface area contributed by atoms with Crippen LogP contribution in [0.2, 0.25) is 0 Å². The number of amides is 1. The molecule has 0 spiro atoms. The van der Waals surface area contributed by atoms with Gasteiger partial charge in [-0.25, -0.2) is 4.79 Å². The highest BCUT2D eigenvalue weighted by atomic mass is 16.5. The van der Waals surface area contributed by atoms with Crippen LogP contribution >= 0.6 is 0 Å². The van der Waals surface area contributed by atoms with Gasteiger partial charge in [-0.3, -0.25) is 9.78 Å². The molecule has 0 bridgehead atoms. The topological polar surface area (TPSA) is 111 Å². The minimum Gasteiger partial charge on any atom is -0.410 e. The second-order valence-electron chi connectivity index (χ2n) is 6.67. The van der Waals surface area contributed by atoms with E-state index in [-0.39, 0.29) is 0 Å². The van der Waals surface area contributed by atoms with Gasteiger partial charge < -0.3 is 15.8 Å². The van der Waals surface area contributed by atoms with E-state index in [0.29, 0.717) is 11.6 Å². The van der Waals surface area contributed by atoms with Crippen LogP contribution in [0.4, 0.5) is 16.3 Å². The van der Waals surface area contributed by atoms with Crippen molar-refractivity contribution in [1.29, 1.82) is 0 Å². The molecule has 4 N–H and O–H groups in total. The van der Waals surface area contributed by atoms with Gasteiger partial charge in [0.1, 0.15) is 5.75 Å². The van der Waals surface area contributed by atoms with Crippen LogP contribution in [0.5, 0.6) is 5.75 Å². The number of carbonyl (C=O) groups excluding carboxylic acids is 1. The van der Waals surface area contributed by atoms with E-state index in [9.17, 15) is 4.79 Å². The van der Waals surface area contributed by atoms with E-state index in [4.69, 9.17) is 10.5 Å². The molecular formula is C21H20N6O2. The molecular weight excluding hydrogens is 368 g/mol. The normalized spacial score (nSPS) is 10.7. The number of aromatic nitrogens is 4. The lowest BCUT2D eigenvalue weighted by Gasteiger charge is -2.08. The van der Waals surface area contributed by atoms with E-state index in [1.165, 1.54) is 0 Å². The van der Waals surface area contributed by atoms with Crippen molar-refractivity contribution in [3.8, 4) is 28.1 Å². The fraction of sp³-hybridized carbons (Fsp3) is 0.0952. The van der Waals surface area contributed by atoms with Crippen LogP contribution in [0, 0.1) is 6.92 Å². The Bertz CT molecular complexity index is 1160. The molecule has 0 unspecified atom stereocenters. The number of benzene rings is 2. The number of carbonyl (C=O) groups is 1. The molecule has 0 saturated heterocycles. The lowest BCUT2D eigenvalue weighted by molar-refractivity contribution is 0.211. The van der Waals surface area contributed by atoms with Gasteiger partial charge in [0.05, 0.1) is 11.9 Å². The van der Waals surface area contributed by atoms with Crippen LogP contribution in [-0.2, 0) is 7.05 Å². The molecule has 146 valence electrons. The highest BCUT2D eigenvalue weighted by Crippen LogP contribution is 2.27. The highest BCUT2D eigenvalue weighted by molar-refractivity contribution is 5.72. The van der Waals surface area contributed by atoms with Crippen molar-refractivity contribution in [2.45, 2.75) is 6.92 Å². The average molecular weight is 388 g/mol. The maximum Gasteiger partial charge on any atom is 0.409 e. The Labute approximate surface area is 167 Å². The Kier molecular flexibility index (Phi) is 4.74. The third kappa shape index (κ3) is 4.11. The number of hydrogen-bond donors (Lipinski definition) is 3. The van der Waals surface area contributed by atoms with Gasteiger partial charge in [0, 0.05) is 30.6 Å². The number of nitrogens with zero attached hydrogens (tertiary/aromatic N) is 3. The molecule has 1 amide bonds. The Morgan fingerprint density at radius 1 is 1.10 bits per heavy atom. The van der Waals surface area contributed by atoms with E-state index in [2.05, 4.69) is 32.7 Å². The number of rotatable bonds is 5. The lowest BCUT2D eigenvalue weighted by Crippen LogP contribution is -2.16. The van der Waals surface area contributed by atoms with Crippen LogP contribution in [0.1, 0.15) is 5.56 Å². The van der Waals surface area contributed by atoms with Crippen molar-refractivity contribution in [2.24, 2.45) is 12.8 Å². The summed E-state index contributed by atoms with van der Waals surface area (Å²) in [5.74, 6) is 1.08. The smallest absolute Gasteiger partial charge is 0.409 e. The van der Waals surface area contributed by atoms with Crippen LogP contribution in [0.3, 0.4) is 0 Å². The number of primary amides is 1. The van der Waals surface area contributed by atoms with Gasteiger partial charge in [-0.1, -0.05) is 24.3 Å². The molecule has 0 aliphatic carbocycles. The minimum absolute atomic E-state index is 0.400. The summed E-state index contributed by atoms with van der Waals surface area (Å²) in [4.78, 5) is 10.9. The van der Waals surface area contributed by atoms with Crippen molar-refractivity contribution < 1.29 is 9.53 Å². The number of aromatic amines is 1. The van der Waals surface area contributed by atoms with Gasteiger partial charge in [-0.15, -0.1) is 0 Å². The zero-order valence-corrected chi connectivity index (χ0v) is 16.0. The Morgan fingerprint density at radius 2 is 1.86 bits per heavy atom. The second-order valence-corrected chi connectivity index (χ2v) is 6.67. The first kappa shape index (κ1) is 18.3. The van der Waals surface area contributed by atoms with Gasteiger partial charge >= 0.3 is 6.09 Å². The fourth-order valence-corrected chi connectivity index (χ4v) is 3.04. The van der Waals surface area contributed by atoms with E-state index in [1.54, 1.807) is 16.8 Å². The molecule has 8 nitrogen and oxygen atoms in total. The molecule has 2 aromatic heterocycles. The molecule has 2 heterocycles. The van der Waals surface area contributed by atoms with Crippen molar-refractivity contribution >= 4 is 17.6 Å². The molecule has 0 aliphatic rings. The zero-order valence-electron chi connectivity index (χ0n) is 16.0. The summed E-state index contributed by atoms with van der Waals surface area (Å²) in [6.45, 7) is 1.90. The Balaban J connectivity index is 1.49. The lowest BCUT2D eigenvalue weighted by atomic mass is 10.1. The molecule has 0 atom stereocenters. The molecule has 8 heteroatoms. The van der Waals surface area contributed by atoms with Gasteiger partial charge in [-0.05, 0) is 41.8 Å². The van der Waals surface area contributed by atoms with E-state index in [1.807, 2.05) is 50.6 Å². The number of aryl methyl sites for hydroxylation is 2. The third-order valence-electron chi connectivity index (χ3n) is 4.49. The Hall–Kier alpha value is -4.07.